The highest BCUT2D eigenvalue weighted by Gasteiger charge is 2.17. The Kier molecular flexibility index (Phi) is 4.42. The van der Waals surface area contributed by atoms with Crippen molar-refractivity contribution in [3.8, 4) is 6.07 Å². The van der Waals surface area contributed by atoms with E-state index in [2.05, 4.69) is 12.6 Å². The lowest BCUT2D eigenvalue weighted by atomic mass is 10.1. The Bertz CT molecular complexity index is 440. The number of hydrogen-bond donors (Lipinski definition) is 1. The second-order valence-corrected chi connectivity index (χ2v) is 4.21. The van der Waals surface area contributed by atoms with Crippen LogP contribution in [0.4, 0.5) is 0 Å². The van der Waals surface area contributed by atoms with E-state index in [0.717, 1.165) is 0 Å². The number of benzene rings is 1. The van der Waals surface area contributed by atoms with Gasteiger partial charge in [-0.25, -0.2) is 4.79 Å². The Morgan fingerprint density at radius 1 is 1.67 bits per heavy atom. The van der Waals surface area contributed by atoms with Gasteiger partial charge in [0.1, 0.15) is 6.07 Å². The van der Waals surface area contributed by atoms with Crippen LogP contribution in [0.2, 0.25) is 0 Å². The SMILES string of the molecule is CCOC(=O)c1c(S)ccc(C#N)c1I. The molecule has 0 N–H and O–H groups in total. The first-order valence-electron chi connectivity index (χ1n) is 4.20. The molecule has 0 saturated heterocycles. The van der Waals surface area contributed by atoms with Crippen LogP contribution in [0.3, 0.4) is 0 Å². The summed E-state index contributed by atoms with van der Waals surface area (Å²) in [7, 11) is 0. The van der Waals surface area contributed by atoms with Gasteiger partial charge < -0.3 is 4.74 Å². The fraction of sp³-hybridized carbons (Fsp3) is 0.200. The molecule has 0 bridgehead atoms. The summed E-state index contributed by atoms with van der Waals surface area (Å²) in [5.41, 5.74) is 0.816. The number of carbonyl (C=O) groups excluding carboxylic acids is 1. The standard InChI is InChI=1S/C10H8INO2S/c1-2-14-10(13)8-7(15)4-3-6(5-12)9(8)11/h3-4,15H,2H2,1H3. The molecule has 0 aliphatic carbocycles. The van der Waals surface area contributed by atoms with Crippen molar-refractivity contribution < 1.29 is 9.53 Å². The van der Waals surface area contributed by atoms with Gasteiger partial charge in [0, 0.05) is 8.47 Å². The van der Waals surface area contributed by atoms with Gasteiger partial charge in [-0.05, 0) is 41.6 Å². The molecule has 0 radical (unpaired) electrons. The van der Waals surface area contributed by atoms with Gasteiger partial charge in [-0.3, -0.25) is 0 Å². The van der Waals surface area contributed by atoms with E-state index in [1.807, 2.05) is 28.7 Å². The molecule has 0 aromatic heterocycles. The molecule has 0 spiro atoms. The van der Waals surface area contributed by atoms with Gasteiger partial charge in [-0.2, -0.15) is 5.26 Å². The number of thiol groups is 1. The van der Waals surface area contributed by atoms with Gasteiger partial charge in [0.2, 0.25) is 0 Å². The number of nitriles is 1. The number of halogens is 1. The van der Waals surface area contributed by atoms with Crippen LogP contribution in [0.25, 0.3) is 0 Å². The molecule has 0 saturated carbocycles. The minimum atomic E-state index is -0.441. The largest absolute Gasteiger partial charge is 0.462 e. The van der Waals surface area contributed by atoms with Crippen molar-refractivity contribution in [3.05, 3.63) is 26.8 Å². The molecule has 78 valence electrons. The molecule has 0 heterocycles. The van der Waals surface area contributed by atoms with Crippen LogP contribution >= 0.6 is 35.2 Å². The topological polar surface area (TPSA) is 50.1 Å². The summed E-state index contributed by atoms with van der Waals surface area (Å²) in [6.45, 7) is 2.04. The van der Waals surface area contributed by atoms with Crippen molar-refractivity contribution in [1.29, 1.82) is 5.26 Å². The van der Waals surface area contributed by atoms with Gasteiger partial charge in [0.15, 0.2) is 0 Å². The van der Waals surface area contributed by atoms with Crippen molar-refractivity contribution in [2.45, 2.75) is 11.8 Å². The maximum atomic E-state index is 11.6. The third kappa shape index (κ3) is 2.63. The highest BCUT2D eigenvalue weighted by atomic mass is 127. The average molecular weight is 333 g/mol. The van der Waals surface area contributed by atoms with Crippen LogP contribution < -0.4 is 0 Å². The number of carbonyl (C=O) groups is 1. The van der Waals surface area contributed by atoms with Crippen LogP contribution in [0.1, 0.15) is 22.8 Å². The van der Waals surface area contributed by atoms with E-state index < -0.39 is 5.97 Å². The molecular formula is C10H8INO2S. The number of rotatable bonds is 2. The lowest BCUT2D eigenvalue weighted by Gasteiger charge is -2.07. The molecular weight excluding hydrogens is 325 g/mol. The first-order chi connectivity index (χ1) is 7.11. The monoisotopic (exact) mass is 333 g/mol. The average Bonchev–Trinajstić information content (AvgIpc) is 2.18. The molecule has 0 fully saturated rings. The summed E-state index contributed by atoms with van der Waals surface area (Å²) >= 11 is 6.12. The normalized spacial score (nSPS) is 9.47. The fourth-order valence-corrected chi connectivity index (χ4v) is 2.35. The molecule has 1 rings (SSSR count). The van der Waals surface area contributed by atoms with Gasteiger partial charge in [0.05, 0.1) is 17.7 Å². The Hall–Kier alpha value is -0.740. The van der Waals surface area contributed by atoms with Gasteiger partial charge >= 0.3 is 5.97 Å². The summed E-state index contributed by atoms with van der Waals surface area (Å²) in [5, 5.41) is 8.81. The number of nitrogens with zero attached hydrogens (tertiary/aromatic N) is 1. The highest BCUT2D eigenvalue weighted by Crippen LogP contribution is 2.24. The van der Waals surface area contributed by atoms with Crippen molar-refractivity contribution in [3.63, 3.8) is 0 Å². The van der Waals surface area contributed by atoms with Crippen LogP contribution in [0.5, 0.6) is 0 Å². The molecule has 5 heteroatoms. The van der Waals surface area contributed by atoms with E-state index in [1.165, 1.54) is 0 Å². The third-order valence-electron chi connectivity index (χ3n) is 1.72. The van der Waals surface area contributed by atoms with Crippen LogP contribution in [-0.2, 0) is 4.74 Å². The number of esters is 1. The maximum Gasteiger partial charge on any atom is 0.340 e. The Balaban J connectivity index is 3.28. The van der Waals surface area contributed by atoms with Crippen molar-refractivity contribution in [2.75, 3.05) is 6.61 Å². The predicted molar refractivity (Wildman–Crippen MR) is 67.1 cm³/mol. The summed E-state index contributed by atoms with van der Waals surface area (Å²) in [4.78, 5) is 12.1. The summed E-state index contributed by atoms with van der Waals surface area (Å²) in [6, 6.07) is 5.26. The minimum absolute atomic E-state index is 0.304. The van der Waals surface area contributed by atoms with E-state index in [-0.39, 0.29) is 0 Å². The third-order valence-corrected chi connectivity index (χ3v) is 3.21. The molecule has 0 aliphatic rings. The zero-order chi connectivity index (χ0) is 11.4. The second kappa shape index (κ2) is 5.37. The predicted octanol–water partition coefficient (Wildman–Crippen LogP) is 2.63. The quantitative estimate of drug-likeness (QED) is 0.514. The maximum absolute atomic E-state index is 11.6. The van der Waals surface area contributed by atoms with E-state index in [0.29, 0.717) is 26.2 Å². The van der Waals surface area contributed by atoms with Crippen LogP contribution in [-0.4, -0.2) is 12.6 Å². The van der Waals surface area contributed by atoms with Crippen molar-refractivity contribution in [1.82, 2.24) is 0 Å². The molecule has 1 aromatic rings. The molecule has 0 aliphatic heterocycles. The Morgan fingerprint density at radius 3 is 2.87 bits per heavy atom. The lowest BCUT2D eigenvalue weighted by molar-refractivity contribution is 0.0521. The van der Waals surface area contributed by atoms with Crippen molar-refractivity contribution in [2.24, 2.45) is 0 Å². The van der Waals surface area contributed by atoms with Gasteiger partial charge in [0.25, 0.3) is 0 Å². The Morgan fingerprint density at radius 2 is 2.33 bits per heavy atom. The smallest absolute Gasteiger partial charge is 0.340 e. The molecule has 0 atom stereocenters. The van der Waals surface area contributed by atoms with E-state index in [4.69, 9.17) is 10.00 Å². The summed E-state index contributed by atoms with van der Waals surface area (Å²) in [5.74, 6) is -0.441. The van der Waals surface area contributed by atoms with E-state index in [9.17, 15) is 4.79 Å². The number of ether oxygens (including phenoxy) is 1. The van der Waals surface area contributed by atoms with Crippen molar-refractivity contribution >= 4 is 41.2 Å². The van der Waals surface area contributed by atoms with Gasteiger partial charge in [-0.15, -0.1) is 12.6 Å². The summed E-state index contributed by atoms with van der Waals surface area (Å²) < 4.78 is 5.47. The molecule has 3 nitrogen and oxygen atoms in total. The lowest BCUT2D eigenvalue weighted by Crippen LogP contribution is -2.09. The van der Waals surface area contributed by atoms with Crippen LogP contribution in [0.15, 0.2) is 17.0 Å². The minimum Gasteiger partial charge on any atom is -0.462 e. The highest BCUT2D eigenvalue weighted by molar-refractivity contribution is 14.1. The van der Waals surface area contributed by atoms with Gasteiger partial charge in [-0.1, -0.05) is 0 Å². The molecule has 0 amide bonds. The zero-order valence-corrected chi connectivity index (χ0v) is 11.0. The number of hydrogen-bond acceptors (Lipinski definition) is 4. The first-order valence-corrected chi connectivity index (χ1v) is 5.73. The fourth-order valence-electron chi connectivity index (χ4n) is 1.05. The van der Waals surface area contributed by atoms with E-state index in [1.54, 1.807) is 19.1 Å². The van der Waals surface area contributed by atoms with Crippen LogP contribution in [0, 0.1) is 14.9 Å². The summed E-state index contributed by atoms with van der Waals surface area (Å²) in [6.07, 6.45) is 0. The molecule has 0 unspecified atom stereocenters. The van der Waals surface area contributed by atoms with E-state index >= 15 is 0 Å². The zero-order valence-electron chi connectivity index (χ0n) is 7.95. The molecule has 15 heavy (non-hydrogen) atoms. The molecule has 1 aromatic carbocycles. The first kappa shape index (κ1) is 12.3. The second-order valence-electron chi connectivity index (χ2n) is 2.65. The Labute approximate surface area is 107 Å².